The van der Waals surface area contributed by atoms with Crippen LogP contribution in [0.4, 0.5) is 5.69 Å². The quantitative estimate of drug-likeness (QED) is 0.534. The lowest BCUT2D eigenvalue weighted by molar-refractivity contribution is 0.0962. The van der Waals surface area contributed by atoms with Crippen molar-refractivity contribution in [2.45, 2.75) is 6.92 Å². The van der Waals surface area contributed by atoms with Gasteiger partial charge in [-0.15, -0.1) is 0 Å². The molecule has 0 fully saturated rings. The standard InChI is InChI=1S/C23H19N3O2/c1-16-22(23(28)25-24-18-8-4-2-5-9-18)21-14-20(27)13-12-17(21)15-26(16)19-10-6-3-7-11-19/h2-15,24H,1H3,(H,25,28). The number of carbonyl (C=O) groups excluding carboxylic acids is 1. The van der Waals surface area contributed by atoms with Crippen LogP contribution in [0.2, 0.25) is 0 Å². The van der Waals surface area contributed by atoms with Gasteiger partial charge in [0.05, 0.1) is 11.3 Å². The minimum Gasteiger partial charge on any atom is -0.320 e. The molecule has 1 aliphatic carbocycles. The first-order chi connectivity index (χ1) is 13.6. The van der Waals surface area contributed by atoms with E-state index in [2.05, 4.69) is 10.9 Å². The molecule has 0 saturated carbocycles. The number of hydrogen-bond acceptors (Lipinski definition) is 3. The number of hydrazine groups is 1. The summed E-state index contributed by atoms with van der Waals surface area (Å²) in [6.07, 6.45) is 1.95. The number of carbonyl (C=O) groups is 1. The van der Waals surface area contributed by atoms with E-state index in [1.54, 1.807) is 6.07 Å². The zero-order chi connectivity index (χ0) is 19.5. The first-order valence-electron chi connectivity index (χ1n) is 8.96. The van der Waals surface area contributed by atoms with E-state index in [4.69, 9.17) is 0 Å². The van der Waals surface area contributed by atoms with Crippen molar-refractivity contribution in [2.24, 2.45) is 0 Å². The Morgan fingerprint density at radius 1 is 0.893 bits per heavy atom. The zero-order valence-electron chi connectivity index (χ0n) is 15.3. The normalized spacial score (nSPS) is 10.6. The van der Waals surface area contributed by atoms with Crippen molar-refractivity contribution < 1.29 is 4.79 Å². The summed E-state index contributed by atoms with van der Waals surface area (Å²) >= 11 is 0. The SMILES string of the molecule is Cc1c(C(=O)NNc2ccccc2)c2cc(=O)ccc-2cn1-c1ccccc1. The highest BCUT2D eigenvalue weighted by Crippen LogP contribution is 2.29. The van der Waals surface area contributed by atoms with E-state index in [0.29, 0.717) is 11.1 Å². The monoisotopic (exact) mass is 369 g/mol. The maximum absolute atomic E-state index is 13.1. The van der Waals surface area contributed by atoms with E-state index in [9.17, 15) is 9.59 Å². The maximum atomic E-state index is 13.1. The predicted molar refractivity (Wildman–Crippen MR) is 111 cm³/mol. The summed E-state index contributed by atoms with van der Waals surface area (Å²) in [5.41, 5.74) is 9.90. The second-order valence-corrected chi connectivity index (χ2v) is 6.49. The predicted octanol–water partition coefficient (Wildman–Crippen LogP) is 4.01. The number of fused-ring (bicyclic) bond motifs is 1. The van der Waals surface area contributed by atoms with Crippen molar-refractivity contribution in [3.05, 3.63) is 107 Å². The molecule has 0 aromatic heterocycles. The summed E-state index contributed by atoms with van der Waals surface area (Å²) in [6.45, 7) is 1.88. The lowest BCUT2D eigenvalue weighted by Gasteiger charge is -2.21. The molecule has 1 aliphatic heterocycles. The Morgan fingerprint density at radius 3 is 2.29 bits per heavy atom. The van der Waals surface area contributed by atoms with Crippen LogP contribution in [0.3, 0.4) is 0 Å². The fourth-order valence-electron chi connectivity index (χ4n) is 3.27. The molecule has 0 spiro atoms. The Bertz CT molecular complexity index is 1150. The van der Waals surface area contributed by atoms with Crippen molar-refractivity contribution >= 4 is 11.6 Å². The van der Waals surface area contributed by atoms with Crippen molar-refractivity contribution in [2.75, 3.05) is 5.43 Å². The number of nitrogens with zero attached hydrogens (tertiary/aromatic N) is 1. The molecular weight excluding hydrogens is 350 g/mol. The summed E-state index contributed by atoms with van der Waals surface area (Å²) in [4.78, 5) is 25.0. The topological polar surface area (TPSA) is 63.1 Å². The third-order valence-corrected chi connectivity index (χ3v) is 4.64. The Hall–Kier alpha value is -3.86. The van der Waals surface area contributed by atoms with Gasteiger partial charge in [-0.2, -0.15) is 0 Å². The molecule has 5 heteroatoms. The minimum atomic E-state index is -0.303. The summed E-state index contributed by atoms with van der Waals surface area (Å²) in [5.74, 6) is -0.303. The molecule has 5 nitrogen and oxygen atoms in total. The van der Waals surface area contributed by atoms with E-state index in [1.807, 2.05) is 78.4 Å². The summed E-state index contributed by atoms with van der Waals surface area (Å²) in [5, 5.41) is 0. The number of anilines is 1. The summed E-state index contributed by atoms with van der Waals surface area (Å²) in [7, 11) is 0. The zero-order valence-corrected chi connectivity index (χ0v) is 15.3. The molecule has 0 saturated heterocycles. The van der Waals surface area contributed by atoms with Crippen molar-refractivity contribution in [1.29, 1.82) is 0 Å². The molecule has 2 aromatic rings. The molecule has 1 heterocycles. The van der Waals surface area contributed by atoms with Gasteiger partial charge >= 0.3 is 0 Å². The molecule has 138 valence electrons. The highest BCUT2D eigenvalue weighted by atomic mass is 16.2. The van der Waals surface area contributed by atoms with Crippen LogP contribution in [0.1, 0.15) is 16.1 Å². The smallest absolute Gasteiger partial charge is 0.272 e. The third kappa shape index (κ3) is 3.38. The number of hydrogen-bond donors (Lipinski definition) is 2. The summed E-state index contributed by atoms with van der Waals surface area (Å²) < 4.78 is 1.96. The second-order valence-electron chi connectivity index (χ2n) is 6.49. The molecule has 28 heavy (non-hydrogen) atoms. The van der Waals surface area contributed by atoms with Gasteiger partial charge in [0.15, 0.2) is 5.43 Å². The van der Waals surface area contributed by atoms with Gasteiger partial charge in [0.1, 0.15) is 0 Å². The maximum Gasteiger partial charge on any atom is 0.272 e. The molecule has 1 amide bonds. The fourth-order valence-corrected chi connectivity index (χ4v) is 3.27. The molecular formula is C23H19N3O2. The van der Waals surface area contributed by atoms with Crippen LogP contribution < -0.4 is 16.3 Å². The first kappa shape index (κ1) is 17.5. The second kappa shape index (κ2) is 7.40. The fraction of sp³-hybridized carbons (Fsp3) is 0.0435. The minimum absolute atomic E-state index is 0.130. The highest BCUT2D eigenvalue weighted by molar-refractivity contribution is 6.02. The summed E-state index contributed by atoms with van der Waals surface area (Å²) in [6, 6.07) is 23.9. The number of rotatable bonds is 4. The number of pyridine rings is 1. The Morgan fingerprint density at radius 2 is 1.57 bits per heavy atom. The van der Waals surface area contributed by atoms with E-state index in [0.717, 1.165) is 22.6 Å². The van der Waals surface area contributed by atoms with E-state index in [1.165, 1.54) is 12.1 Å². The van der Waals surface area contributed by atoms with Crippen LogP contribution >= 0.6 is 0 Å². The van der Waals surface area contributed by atoms with Gasteiger partial charge in [-0.3, -0.25) is 20.4 Å². The molecule has 4 rings (SSSR count). The van der Waals surface area contributed by atoms with Gasteiger partial charge in [0, 0.05) is 23.1 Å². The molecule has 2 aromatic carbocycles. The molecule has 0 atom stereocenters. The number of aromatic nitrogens is 1. The largest absolute Gasteiger partial charge is 0.320 e. The number of amides is 1. The van der Waals surface area contributed by atoms with Crippen LogP contribution in [0.15, 0.2) is 89.9 Å². The van der Waals surface area contributed by atoms with Gasteiger partial charge in [0.25, 0.3) is 5.91 Å². The van der Waals surface area contributed by atoms with Gasteiger partial charge in [-0.05, 0) is 55.0 Å². The van der Waals surface area contributed by atoms with Crippen molar-refractivity contribution in [3.63, 3.8) is 0 Å². The van der Waals surface area contributed by atoms with E-state index < -0.39 is 0 Å². The van der Waals surface area contributed by atoms with Gasteiger partial charge < -0.3 is 4.57 Å². The van der Waals surface area contributed by atoms with E-state index in [-0.39, 0.29) is 11.3 Å². The molecule has 0 bridgehead atoms. The van der Waals surface area contributed by atoms with Gasteiger partial charge in [-0.25, -0.2) is 0 Å². The van der Waals surface area contributed by atoms with Gasteiger partial charge in [0.2, 0.25) is 0 Å². The van der Waals surface area contributed by atoms with E-state index >= 15 is 0 Å². The first-order valence-corrected chi connectivity index (χ1v) is 8.96. The van der Waals surface area contributed by atoms with Crippen LogP contribution in [0, 0.1) is 6.92 Å². The lowest BCUT2D eigenvalue weighted by atomic mass is 9.97. The number of benzene rings is 3. The van der Waals surface area contributed by atoms with Crippen LogP contribution in [-0.2, 0) is 0 Å². The molecule has 0 radical (unpaired) electrons. The van der Waals surface area contributed by atoms with Crippen LogP contribution in [0.5, 0.6) is 0 Å². The average Bonchev–Trinajstić information content (AvgIpc) is 2.73. The lowest BCUT2D eigenvalue weighted by Crippen LogP contribution is -2.31. The third-order valence-electron chi connectivity index (χ3n) is 4.64. The number of nitrogens with one attached hydrogen (secondary N) is 2. The van der Waals surface area contributed by atoms with Crippen LogP contribution in [0.25, 0.3) is 16.8 Å². The Labute approximate surface area is 162 Å². The highest BCUT2D eigenvalue weighted by Gasteiger charge is 2.21. The molecule has 0 unspecified atom stereocenters. The van der Waals surface area contributed by atoms with Crippen molar-refractivity contribution in [1.82, 2.24) is 9.99 Å². The van der Waals surface area contributed by atoms with Crippen LogP contribution in [-0.4, -0.2) is 10.5 Å². The van der Waals surface area contributed by atoms with Crippen molar-refractivity contribution in [3.8, 4) is 16.8 Å². The van der Waals surface area contributed by atoms with Gasteiger partial charge in [-0.1, -0.05) is 36.4 Å². The average molecular weight is 369 g/mol. The Kier molecular flexibility index (Phi) is 4.64. The Balaban J connectivity index is 1.81. The molecule has 2 N–H and O–H groups in total. The number of para-hydroxylation sites is 2. The molecule has 2 aliphatic rings.